The molecule has 0 aliphatic carbocycles. The average molecular weight is 343 g/mol. The quantitative estimate of drug-likeness (QED) is 0.764. The lowest BCUT2D eigenvalue weighted by Gasteiger charge is -2.36. The second kappa shape index (κ2) is 4.76. The zero-order chi connectivity index (χ0) is 11.8. The molecule has 0 amide bonds. The molecule has 1 aromatic rings. The molecule has 2 fully saturated rings. The summed E-state index contributed by atoms with van der Waals surface area (Å²) < 4.78 is 7.37. The van der Waals surface area contributed by atoms with Crippen LogP contribution in [-0.2, 0) is 0 Å². The van der Waals surface area contributed by atoms with Crippen molar-refractivity contribution in [2.45, 2.75) is 43.9 Å². The summed E-state index contributed by atoms with van der Waals surface area (Å²) >= 11 is 2.32. The number of halogens is 1. The molecule has 2 bridgehead atoms. The predicted molar refractivity (Wildman–Crippen MR) is 77.4 cm³/mol. The second-order valence-corrected chi connectivity index (χ2v) is 6.46. The molecule has 2 saturated heterocycles. The van der Waals surface area contributed by atoms with Crippen molar-refractivity contribution >= 4 is 22.6 Å². The van der Waals surface area contributed by atoms with Crippen LogP contribution in [0.4, 0.5) is 0 Å². The van der Waals surface area contributed by atoms with Gasteiger partial charge < -0.3 is 9.64 Å². The minimum atomic E-state index is 0.420. The monoisotopic (exact) mass is 343 g/mol. The first-order chi connectivity index (χ1) is 8.22. The van der Waals surface area contributed by atoms with Gasteiger partial charge in [-0.2, -0.15) is 0 Å². The van der Waals surface area contributed by atoms with Gasteiger partial charge in [0.15, 0.2) is 0 Å². The molecular formula is C14H18INO. The molecular weight excluding hydrogens is 325 g/mol. The van der Waals surface area contributed by atoms with E-state index < -0.39 is 0 Å². The first-order valence-electron chi connectivity index (χ1n) is 6.36. The van der Waals surface area contributed by atoms with E-state index in [0.29, 0.717) is 6.10 Å². The van der Waals surface area contributed by atoms with Crippen molar-refractivity contribution < 1.29 is 4.74 Å². The number of piperidine rings is 1. The standard InChI is InChI=1S/C14H18INO/c1-16-11-4-5-12(16)9-14(8-11)17-13-6-2-10(15)3-7-13/h2-3,6-7,11-12,14H,4-5,8-9H2,1H3. The molecule has 0 spiro atoms. The van der Waals surface area contributed by atoms with E-state index in [0.717, 1.165) is 17.8 Å². The SMILES string of the molecule is CN1C2CCC1CC(Oc1ccc(I)cc1)C2. The number of hydrogen-bond acceptors (Lipinski definition) is 2. The molecule has 2 atom stereocenters. The van der Waals surface area contributed by atoms with Crippen LogP contribution in [0, 0.1) is 3.57 Å². The highest BCUT2D eigenvalue weighted by atomic mass is 127. The van der Waals surface area contributed by atoms with Crippen molar-refractivity contribution in [3.63, 3.8) is 0 Å². The first kappa shape index (κ1) is 11.8. The van der Waals surface area contributed by atoms with Crippen LogP contribution in [0.25, 0.3) is 0 Å². The predicted octanol–water partition coefficient (Wildman–Crippen LogP) is 3.30. The average Bonchev–Trinajstić information content (AvgIpc) is 2.55. The smallest absolute Gasteiger partial charge is 0.119 e. The van der Waals surface area contributed by atoms with Crippen LogP contribution < -0.4 is 4.74 Å². The number of hydrogen-bond donors (Lipinski definition) is 0. The summed E-state index contributed by atoms with van der Waals surface area (Å²) in [7, 11) is 2.27. The highest BCUT2D eigenvalue weighted by molar-refractivity contribution is 14.1. The highest BCUT2D eigenvalue weighted by Crippen LogP contribution is 2.35. The van der Waals surface area contributed by atoms with Crippen molar-refractivity contribution in [2.75, 3.05) is 7.05 Å². The van der Waals surface area contributed by atoms with Crippen molar-refractivity contribution in [2.24, 2.45) is 0 Å². The van der Waals surface area contributed by atoms with E-state index in [-0.39, 0.29) is 0 Å². The van der Waals surface area contributed by atoms with Gasteiger partial charge in [0.1, 0.15) is 11.9 Å². The maximum Gasteiger partial charge on any atom is 0.119 e. The van der Waals surface area contributed by atoms with Gasteiger partial charge in [-0.3, -0.25) is 0 Å². The zero-order valence-corrected chi connectivity index (χ0v) is 12.3. The summed E-state index contributed by atoms with van der Waals surface area (Å²) in [6.07, 6.45) is 5.52. The molecule has 3 heteroatoms. The molecule has 2 aliphatic heterocycles. The third kappa shape index (κ3) is 2.45. The van der Waals surface area contributed by atoms with Crippen molar-refractivity contribution in [1.29, 1.82) is 0 Å². The fourth-order valence-corrected chi connectivity index (χ4v) is 3.52. The van der Waals surface area contributed by atoms with E-state index >= 15 is 0 Å². The Balaban J connectivity index is 1.65. The van der Waals surface area contributed by atoms with Gasteiger partial charge in [-0.1, -0.05) is 0 Å². The normalized spacial score (nSPS) is 32.7. The summed E-state index contributed by atoms with van der Waals surface area (Å²) in [6.45, 7) is 0. The maximum atomic E-state index is 6.11. The Morgan fingerprint density at radius 1 is 1.12 bits per heavy atom. The van der Waals surface area contributed by atoms with Gasteiger partial charge in [0.05, 0.1) is 0 Å². The van der Waals surface area contributed by atoms with E-state index in [1.54, 1.807) is 0 Å². The summed E-state index contributed by atoms with van der Waals surface area (Å²) in [4.78, 5) is 2.55. The fourth-order valence-electron chi connectivity index (χ4n) is 3.16. The number of ether oxygens (including phenoxy) is 1. The molecule has 2 aliphatic rings. The number of fused-ring (bicyclic) bond motifs is 2. The van der Waals surface area contributed by atoms with Crippen molar-refractivity contribution in [1.82, 2.24) is 4.90 Å². The highest BCUT2D eigenvalue weighted by Gasteiger charge is 2.39. The molecule has 2 unspecified atom stereocenters. The molecule has 1 aromatic carbocycles. The number of nitrogens with zero attached hydrogens (tertiary/aromatic N) is 1. The Morgan fingerprint density at radius 2 is 1.71 bits per heavy atom. The third-order valence-electron chi connectivity index (χ3n) is 4.17. The summed E-state index contributed by atoms with van der Waals surface area (Å²) in [5.74, 6) is 1.03. The van der Waals surface area contributed by atoms with Crippen LogP contribution in [0.2, 0.25) is 0 Å². The zero-order valence-electron chi connectivity index (χ0n) is 10.1. The minimum absolute atomic E-state index is 0.420. The van der Waals surface area contributed by atoms with E-state index in [2.05, 4.69) is 58.8 Å². The largest absolute Gasteiger partial charge is 0.490 e. The number of rotatable bonds is 2. The molecule has 0 aromatic heterocycles. The summed E-state index contributed by atoms with van der Waals surface area (Å²) in [6, 6.07) is 9.90. The minimum Gasteiger partial charge on any atom is -0.490 e. The molecule has 92 valence electrons. The van der Waals surface area contributed by atoms with E-state index in [1.807, 2.05) is 0 Å². The van der Waals surface area contributed by atoms with Crippen molar-refractivity contribution in [3.05, 3.63) is 27.8 Å². The Hall–Kier alpha value is -0.290. The lowest BCUT2D eigenvalue weighted by atomic mass is 10.0. The Labute approximate surface area is 116 Å². The third-order valence-corrected chi connectivity index (χ3v) is 4.89. The summed E-state index contributed by atoms with van der Waals surface area (Å²) in [5, 5.41) is 0. The Bertz CT molecular complexity index is 378. The summed E-state index contributed by atoms with van der Waals surface area (Å²) in [5.41, 5.74) is 0. The van der Waals surface area contributed by atoms with Gasteiger partial charge >= 0.3 is 0 Å². The molecule has 0 saturated carbocycles. The maximum absolute atomic E-state index is 6.11. The van der Waals surface area contributed by atoms with Crippen LogP contribution in [0.3, 0.4) is 0 Å². The van der Waals surface area contributed by atoms with Crippen molar-refractivity contribution in [3.8, 4) is 5.75 Å². The topological polar surface area (TPSA) is 12.5 Å². The van der Waals surface area contributed by atoms with Gasteiger partial charge in [0.25, 0.3) is 0 Å². The lowest BCUT2D eigenvalue weighted by Crippen LogP contribution is -2.43. The lowest BCUT2D eigenvalue weighted by molar-refractivity contribution is 0.0661. The van der Waals surface area contributed by atoms with Crippen LogP contribution in [0.15, 0.2) is 24.3 Å². The van der Waals surface area contributed by atoms with Crippen LogP contribution in [0.1, 0.15) is 25.7 Å². The molecule has 3 rings (SSSR count). The van der Waals surface area contributed by atoms with Gasteiger partial charge in [-0.25, -0.2) is 0 Å². The molecule has 2 heterocycles. The number of benzene rings is 1. The Morgan fingerprint density at radius 3 is 2.29 bits per heavy atom. The van der Waals surface area contributed by atoms with Gasteiger partial charge in [0.2, 0.25) is 0 Å². The first-order valence-corrected chi connectivity index (χ1v) is 7.44. The van der Waals surface area contributed by atoms with E-state index in [4.69, 9.17) is 4.74 Å². The fraction of sp³-hybridized carbons (Fsp3) is 0.571. The second-order valence-electron chi connectivity index (χ2n) is 5.22. The van der Waals surface area contributed by atoms with E-state index in [1.165, 1.54) is 29.3 Å². The molecule has 0 N–H and O–H groups in total. The van der Waals surface area contributed by atoms with Crippen LogP contribution in [0.5, 0.6) is 5.75 Å². The van der Waals surface area contributed by atoms with Gasteiger partial charge in [0, 0.05) is 15.7 Å². The molecule has 17 heavy (non-hydrogen) atoms. The molecule has 2 nitrogen and oxygen atoms in total. The van der Waals surface area contributed by atoms with E-state index in [9.17, 15) is 0 Å². The van der Waals surface area contributed by atoms with Crippen LogP contribution >= 0.6 is 22.6 Å². The van der Waals surface area contributed by atoms with Crippen LogP contribution in [-0.4, -0.2) is 30.1 Å². The van der Waals surface area contributed by atoms with Gasteiger partial charge in [-0.05, 0) is 79.6 Å². The molecule has 0 radical (unpaired) electrons. The Kier molecular flexibility index (Phi) is 3.30. The van der Waals surface area contributed by atoms with Gasteiger partial charge in [-0.15, -0.1) is 0 Å².